The fourth-order valence-electron chi connectivity index (χ4n) is 4.21. The molecule has 0 amide bonds. The number of aliphatic hydroxyl groups excluding tert-OH is 1. The van der Waals surface area contributed by atoms with Gasteiger partial charge in [-0.05, 0) is 62.2 Å². The summed E-state index contributed by atoms with van der Waals surface area (Å²) < 4.78 is 0. The Morgan fingerprint density at radius 3 is 2.60 bits per heavy atom. The highest BCUT2D eigenvalue weighted by atomic mass is 16.3. The molecule has 0 radical (unpaired) electrons. The second-order valence-electron chi connectivity index (χ2n) is 6.48. The van der Waals surface area contributed by atoms with Crippen molar-refractivity contribution in [3.05, 3.63) is 0 Å². The maximum Gasteiger partial charge on any atom is 0.0512 e. The van der Waals surface area contributed by atoms with E-state index in [0.717, 1.165) is 24.2 Å². The van der Waals surface area contributed by atoms with Crippen LogP contribution in [0, 0.1) is 23.2 Å². The van der Waals surface area contributed by atoms with Crippen LogP contribution < -0.4 is 0 Å². The molecular weight excluding hydrogens is 184 g/mol. The normalized spacial score (nSPS) is 39.6. The Labute approximate surface area is 94.3 Å². The van der Waals surface area contributed by atoms with Gasteiger partial charge in [-0.2, -0.15) is 0 Å². The lowest BCUT2D eigenvalue weighted by molar-refractivity contribution is 0.104. The topological polar surface area (TPSA) is 20.2 Å². The SMILES string of the molecule is CC(O)CCCC1C2CCC(C2)C1(C)C. The summed E-state index contributed by atoms with van der Waals surface area (Å²) in [4.78, 5) is 0. The van der Waals surface area contributed by atoms with Crippen molar-refractivity contribution in [1.29, 1.82) is 0 Å². The number of hydrogen-bond donors (Lipinski definition) is 1. The van der Waals surface area contributed by atoms with E-state index >= 15 is 0 Å². The number of aliphatic hydroxyl groups is 1. The van der Waals surface area contributed by atoms with Gasteiger partial charge in [0.2, 0.25) is 0 Å². The van der Waals surface area contributed by atoms with Gasteiger partial charge in [0.15, 0.2) is 0 Å². The second-order valence-corrected chi connectivity index (χ2v) is 6.48. The predicted molar refractivity (Wildman–Crippen MR) is 63.6 cm³/mol. The number of hydrogen-bond acceptors (Lipinski definition) is 1. The Morgan fingerprint density at radius 2 is 2.07 bits per heavy atom. The molecule has 2 aliphatic rings. The first-order valence-corrected chi connectivity index (χ1v) is 6.70. The monoisotopic (exact) mass is 210 g/mol. The Hall–Kier alpha value is -0.0400. The molecule has 1 N–H and O–H groups in total. The molecule has 2 saturated carbocycles. The summed E-state index contributed by atoms with van der Waals surface area (Å²) in [6.07, 6.45) is 7.90. The average molecular weight is 210 g/mol. The number of fused-ring (bicyclic) bond motifs is 2. The van der Waals surface area contributed by atoms with E-state index in [1.165, 1.54) is 32.1 Å². The van der Waals surface area contributed by atoms with E-state index in [-0.39, 0.29) is 6.10 Å². The van der Waals surface area contributed by atoms with E-state index in [1.54, 1.807) is 0 Å². The van der Waals surface area contributed by atoms with Crippen molar-refractivity contribution in [2.75, 3.05) is 0 Å². The molecule has 0 spiro atoms. The van der Waals surface area contributed by atoms with Gasteiger partial charge in [-0.3, -0.25) is 0 Å². The molecule has 1 heteroatoms. The van der Waals surface area contributed by atoms with Crippen molar-refractivity contribution in [3.8, 4) is 0 Å². The van der Waals surface area contributed by atoms with E-state index in [1.807, 2.05) is 6.92 Å². The van der Waals surface area contributed by atoms with Gasteiger partial charge in [0, 0.05) is 0 Å². The van der Waals surface area contributed by atoms with Crippen LogP contribution in [-0.4, -0.2) is 11.2 Å². The molecule has 2 aliphatic carbocycles. The zero-order valence-electron chi connectivity index (χ0n) is 10.5. The molecule has 1 nitrogen and oxygen atoms in total. The maximum atomic E-state index is 9.29. The first-order chi connectivity index (χ1) is 7.01. The third-order valence-corrected chi connectivity index (χ3v) is 5.19. The van der Waals surface area contributed by atoms with Crippen molar-refractivity contribution >= 4 is 0 Å². The molecule has 0 heterocycles. The Kier molecular flexibility index (Phi) is 3.12. The van der Waals surface area contributed by atoms with Crippen LogP contribution in [0.2, 0.25) is 0 Å². The van der Waals surface area contributed by atoms with Crippen molar-refractivity contribution < 1.29 is 5.11 Å². The minimum absolute atomic E-state index is 0.105. The molecule has 0 saturated heterocycles. The van der Waals surface area contributed by atoms with Crippen LogP contribution in [-0.2, 0) is 0 Å². The maximum absolute atomic E-state index is 9.29. The highest BCUT2D eigenvalue weighted by Crippen LogP contribution is 2.60. The molecule has 15 heavy (non-hydrogen) atoms. The van der Waals surface area contributed by atoms with Crippen LogP contribution in [0.25, 0.3) is 0 Å². The van der Waals surface area contributed by atoms with E-state index in [9.17, 15) is 5.11 Å². The van der Waals surface area contributed by atoms with Crippen molar-refractivity contribution in [3.63, 3.8) is 0 Å². The standard InChI is InChI=1S/C14H26O/c1-10(15)5-4-6-13-11-7-8-12(9-11)14(13,2)3/h10-13,15H,4-9H2,1-3H3. The van der Waals surface area contributed by atoms with Gasteiger partial charge in [0.05, 0.1) is 6.10 Å². The lowest BCUT2D eigenvalue weighted by atomic mass is 9.67. The zero-order valence-corrected chi connectivity index (χ0v) is 10.5. The predicted octanol–water partition coefficient (Wildman–Crippen LogP) is 3.61. The van der Waals surface area contributed by atoms with Gasteiger partial charge < -0.3 is 5.11 Å². The van der Waals surface area contributed by atoms with E-state index in [2.05, 4.69) is 13.8 Å². The fourth-order valence-corrected chi connectivity index (χ4v) is 4.21. The lowest BCUT2D eigenvalue weighted by Gasteiger charge is -2.38. The summed E-state index contributed by atoms with van der Waals surface area (Å²) in [6, 6.07) is 0. The van der Waals surface area contributed by atoms with Crippen LogP contribution in [0.5, 0.6) is 0 Å². The quantitative estimate of drug-likeness (QED) is 0.751. The van der Waals surface area contributed by atoms with Crippen LogP contribution in [0.1, 0.15) is 59.3 Å². The molecule has 0 aromatic heterocycles. The minimum atomic E-state index is -0.105. The molecule has 0 aromatic carbocycles. The highest BCUT2D eigenvalue weighted by molar-refractivity contribution is 5.01. The van der Waals surface area contributed by atoms with E-state index in [0.29, 0.717) is 5.41 Å². The van der Waals surface area contributed by atoms with Gasteiger partial charge in [0.25, 0.3) is 0 Å². The van der Waals surface area contributed by atoms with Crippen molar-refractivity contribution in [1.82, 2.24) is 0 Å². The Bertz CT molecular complexity index is 219. The van der Waals surface area contributed by atoms with Gasteiger partial charge >= 0.3 is 0 Å². The summed E-state index contributed by atoms with van der Waals surface area (Å²) in [7, 11) is 0. The molecule has 2 fully saturated rings. The molecule has 2 rings (SSSR count). The third-order valence-electron chi connectivity index (χ3n) is 5.19. The van der Waals surface area contributed by atoms with Crippen LogP contribution in [0.3, 0.4) is 0 Å². The Balaban J connectivity index is 1.86. The molecule has 4 atom stereocenters. The minimum Gasteiger partial charge on any atom is -0.393 e. The van der Waals surface area contributed by atoms with Crippen LogP contribution in [0.15, 0.2) is 0 Å². The molecule has 0 aromatic rings. The van der Waals surface area contributed by atoms with Crippen LogP contribution in [0.4, 0.5) is 0 Å². The summed E-state index contributed by atoms with van der Waals surface area (Å²) in [5, 5.41) is 9.29. The van der Waals surface area contributed by atoms with Crippen molar-refractivity contribution in [2.24, 2.45) is 23.2 Å². The first kappa shape index (κ1) is 11.4. The molecule has 2 bridgehead atoms. The van der Waals surface area contributed by atoms with E-state index < -0.39 is 0 Å². The van der Waals surface area contributed by atoms with Crippen LogP contribution >= 0.6 is 0 Å². The lowest BCUT2D eigenvalue weighted by Crippen LogP contribution is -2.30. The zero-order chi connectivity index (χ0) is 11.1. The summed E-state index contributed by atoms with van der Waals surface area (Å²) in [5.74, 6) is 2.95. The van der Waals surface area contributed by atoms with Crippen molar-refractivity contribution in [2.45, 2.75) is 65.4 Å². The fraction of sp³-hybridized carbons (Fsp3) is 1.00. The molecule has 0 aliphatic heterocycles. The molecule has 88 valence electrons. The summed E-state index contributed by atoms with van der Waals surface area (Å²) in [5.41, 5.74) is 0.585. The molecule has 4 unspecified atom stereocenters. The first-order valence-electron chi connectivity index (χ1n) is 6.70. The third kappa shape index (κ3) is 2.08. The number of rotatable bonds is 4. The van der Waals surface area contributed by atoms with Gasteiger partial charge in [0.1, 0.15) is 0 Å². The van der Waals surface area contributed by atoms with Gasteiger partial charge in [-0.1, -0.05) is 20.3 Å². The summed E-state index contributed by atoms with van der Waals surface area (Å²) >= 11 is 0. The smallest absolute Gasteiger partial charge is 0.0512 e. The van der Waals surface area contributed by atoms with E-state index in [4.69, 9.17) is 0 Å². The largest absolute Gasteiger partial charge is 0.393 e. The highest BCUT2D eigenvalue weighted by Gasteiger charge is 2.51. The second kappa shape index (κ2) is 4.08. The van der Waals surface area contributed by atoms with Gasteiger partial charge in [-0.25, -0.2) is 0 Å². The average Bonchev–Trinajstić information content (AvgIpc) is 2.66. The molecular formula is C14H26O. The van der Waals surface area contributed by atoms with Gasteiger partial charge in [-0.15, -0.1) is 0 Å². The summed E-state index contributed by atoms with van der Waals surface area (Å²) in [6.45, 7) is 6.86. The Morgan fingerprint density at radius 1 is 1.33 bits per heavy atom.